The summed E-state index contributed by atoms with van der Waals surface area (Å²) in [7, 11) is 3.96. The molecule has 4 nitrogen and oxygen atoms in total. The molecule has 1 aromatic rings. The summed E-state index contributed by atoms with van der Waals surface area (Å²) in [4.78, 5) is 13.9. The Morgan fingerprint density at radius 3 is 2.53 bits per heavy atom. The van der Waals surface area contributed by atoms with Gasteiger partial charge in [-0.1, -0.05) is 13.3 Å². The van der Waals surface area contributed by atoms with Crippen LogP contribution in [0.2, 0.25) is 0 Å². The Balaban J connectivity index is 2.39. The maximum Gasteiger partial charge on any atom is 0.251 e. The summed E-state index contributed by atoms with van der Waals surface area (Å²) in [5.74, 6) is 0.778. The van der Waals surface area contributed by atoms with Crippen molar-refractivity contribution in [1.29, 1.82) is 0 Å². The second kappa shape index (κ2) is 8.53. The standard InChI is InChI=1S/C15H24N2O2/c1-4-5-12-19-14-8-6-13(7-9-14)15(18)16-10-11-17(2)3/h6-9H,4-5,10-12H2,1-3H3,(H,16,18). The van der Waals surface area contributed by atoms with E-state index in [9.17, 15) is 4.79 Å². The zero-order valence-electron chi connectivity index (χ0n) is 12.1. The number of nitrogens with zero attached hydrogens (tertiary/aromatic N) is 1. The molecule has 4 heteroatoms. The average Bonchev–Trinajstić information content (AvgIpc) is 2.39. The van der Waals surface area contributed by atoms with Crippen LogP contribution >= 0.6 is 0 Å². The second-order valence-corrected chi connectivity index (χ2v) is 4.79. The van der Waals surface area contributed by atoms with Gasteiger partial charge in [0.1, 0.15) is 5.75 Å². The van der Waals surface area contributed by atoms with Crippen molar-refractivity contribution < 1.29 is 9.53 Å². The predicted molar refractivity (Wildman–Crippen MR) is 77.7 cm³/mol. The zero-order chi connectivity index (χ0) is 14.1. The quantitative estimate of drug-likeness (QED) is 0.732. The maximum atomic E-state index is 11.8. The minimum Gasteiger partial charge on any atom is -0.494 e. The van der Waals surface area contributed by atoms with Gasteiger partial charge >= 0.3 is 0 Å². The molecule has 0 heterocycles. The molecule has 0 saturated heterocycles. The Morgan fingerprint density at radius 2 is 1.95 bits per heavy atom. The van der Waals surface area contributed by atoms with E-state index in [0.717, 1.165) is 31.7 Å². The number of carbonyl (C=O) groups excluding carboxylic acids is 1. The van der Waals surface area contributed by atoms with Gasteiger partial charge in [0.25, 0.3) is 5.91 Å². The summed E-state index contributed by atoms with van der Waals surface area (Å²) < 4.78 is 5.56. The molecule has 1 amide bonds. The van der Waals surface area contributed by atoms with Gasteiger partial charge < -0.3 is 15.0 Å². The fourth-order valence-electron chi connectivity index (χ4n) is 1.53. The number of benzene rings is 1. The minimum atomic E-state index is -0.0399. The average molecular weight is 264 g/mol. The molecule has 1 rings (SSSR count). The molecule has 1 aromatic carbocycles. The molecule has 1 N–H and O–H groups in total. The fraction of sp³-hybridized carbons (Fsp3) is 0.533. The first-order chi connectivity index (χ1) is 9.13. The lowest BCUT2D eigenvalue weighted by molar-refractivity contribution is 0.0951. The lowest BCUT2D eigenvalue weighted by Gasteiger charge is -2.10. The van der Waals surface area contributed by atoms with E-state index >= 15 is 0 Å². The SMILES string of the molecule is CCCCOc1ccc(C(=O)NCCN(C)C)cc1. The van der Waals surface area contributed by atoms with Crippen LogP contribution in [0.15, 0.2) is 24.3 Å². The Labute approximate surface area is 115 Å². The maximum absolute atomic E-state index is 11.8. The molecule has 0 bridgehead atoms. The highest BCUT2D eigenvalue weighted by Gasteiger charge is 2.05. The predicted octanol–water partition coefficient (Wildman–Crippen LogP) is 2.16. The molecule has 0 unspecified atom stereocenters. The number of rotatable bonds is 8. The monoisotopic (exact) mass is 264 g/mol. The van der Waals surface area contributed by atoms with Crippen molar-refractivity contribution in [2.24, 2.45) is 0 Å². The molecule has 0 aromatic heterocycles. The number of hydrogen-bond donors (Lipinski definition) is 1. The number of nitrogens with one attached hydrogen (secondary N) is 1. The molecule has 0 aliphatic carbocycles. The van der Waals surface area contributed by atoms with Crippen LogP contribution in [0.3, 0.4) is 0 Å². The first kappa shape index (κ1) is 15.5. The van der Waals surface area contributed by atoms with Crippen molar-refractivity contribution >= 4 is 5.91 Å². The van der Waals surface area contributed by atoms with Crippen molar-refractivity contribution in [2.45, 2.75) is 19.8 Å². The molecule has 0 spiro atoms. The molecule has 19 heavy (non-hydrogen) atoms. The molecule has 0 radical (unpaired) electrons. The number of amides is 1. The van der Waals surface area contributed by atoms with Gasteiger partial charge in [-0.3, -0.25) is 4.79 Å². The van der Waals surface area contributed by atoms with Crippen LogP contribution in [-0.2, 0) is 0 Å². The Hall–Kier alpha value is -1.55. The third-order valence-corrected chi connectivity index (χ3v) is 2.73. The highest BCUT2D eigenvalue weighted by molar-refractivity contribution is 5.94. The Bertz CT molecular complexity index is 374. The van der Waals surface area contributed by atoms with Crippen LogP contribution in [0.5, 0.6) is 5.75 Å². The smallest absolute Gasteiger partial charge is 0.251 e. The van der Waals surface area contributed by atoms with Crippen LogP contribution in [0, 0.1) is 0 Å². The Morgan fingerprint density at radius 1 is 1.26 bits per heavy atom. The van der Waals surface area contributed by atoms with Crippen LogP contribution in [0.4, 0.5) is 0 Å². The van der Waals surface area contributed by atoms with Gasteiger partial charge in [0.2, 0.25) is 0 Å². The van der Waals surface area contributed by atoms with Gasteiger partial charge in [-0.05, 0) is 44.8 Å². The van der Waals surface area contributed by atoms with Gasteiger partial charge in [-0.15, -0.1) is 0 Å². The van der Waals surface area contributed by atoms with Gasteiger partial charge in [0.15, 0.2) is 0 Å². The number of hydrogen-bond acceptors (Lipinski definition) is 3. The highest BCUT2D eigenvalue weighted by Crippen LogP contribution is 2.12. The molecule has 0 fully saturated rings. The van der Waals surface area contributed by atoms with Crippen molar-refractivity contribution in [2.75, 3.05) is 33.8 Å². The second-order valence-electron chi connectivity index (χ2n) is 4.79. The molecule has 106 valence electrons. The van der Waals surface area contributed by atoms with E-state index in [1.807, 2.05) is 31.1 Å². The summed E-state index contributed by atoms with van der Waals surface area (Å²) in [5.41, 5.74) is 0.668. The molecular weight excluding hydrogens is 240 g/mol. The van der Waals surface area contributed by atoms with Gasteiger partial charge in [0, 0.05) is 18.7 Å². The van der Waals surface area contributed by atoms with Crippen LogP contribution in [0.25, 0.3) is 0 Å². The van der Waals surface area contributed by atoms with E-state index in [-0.39, 0.29) is 5.91 Å². The summed E-state index contributed by atoms with van der Waals surface area (Å²) in [5, 5.41) is 2.88. The molecule has 0 aliphatic heterocycles. The van der Waals surface area contributed by atoms with E-state index in [0.29, 0.717) is 12.1 Å². The molecule has 0 saturated carbocycles. The minimum absolute atomic E-state index is 0.0399. The first-order valence-electron chi connectivity index (χ1n) is 6.79. The zero-order valence-corrected chi connectivity index (χ0v) is 12.1. The number of likely N-dealkylation sites (N-methyl/N-ethyl adjacent to an activating group) is 1. The van der Waals surface area contributed by atoms with Crippen LogP contribution in [0.1, 0.15) is 30.1 Å². The lowest BCUT2D eigenvalue weighted by atomic mass is 10.2. The number of ether oxygens (including phenoxy) is 1. The van der Waals surface area contributed by atoms with E-state index < -0.39 is 0 Å². The normalized spacial score (nSPS) is 10.5. The lowest BCUT2D eigenvalue weighted by Crippen LogP contribution is -2.31. The number of carbonyl (C=O) groups is 1. The topological polar surface area (TPSA) is 41.6 Å². The molecule has 0 atom stereocenters. The number of unbranched alkanes of at least 4 members (excludes halogenated alkanes) is 1. The van der Waals surface area contributed by atoms with E-state index in [1.165, 1.54) is 0 Å². The van der Waals surface area contributed by atoms with Crippen molar-refractivity contribution in [3.63, 3.8) is 0 Å². The fourth-order valence-corrected chi connectivity index (χ4v) is 1.53. The van der Waals surface area contributed by atoms with Gasteiger partial charge in [-0.25, -0.2) is 0 Å². The van der Waals surface area contributed by atoms with Gasteiger partial charge in [-0.2, -0.15) is 0 Å². The third-order valence-electron chi connectivity index (χ3n) is 2.73. The van der Waals surface area contributed by atoms with Crippen molar-refractivity contribution in [1.82, 2.24) is 10.2 Å². The first-order valence-corrected chi connectivity index (χ1v) is 6.79. The van der Waals surface area contributed by atoms with Crippen LogP contribution in [-0.4, -0.2) is 44.6 Å². The highest BCUT2D eigenvalue weighted by atomic mass is 16.5. The largest absolute Gasteiger partial charge is 0.494 e. The summed E-state index contributed by atoms with van der Waals surface area (Å²) >= 11 is 0. The van der Waals surface area contributed by atoms with Crippen molar-refractivity contribution in [3.8, 4) is 5.75 Å². The summed E-state index contributed by atoms with van der Waals surface area (Å²) in [6.45, 7) is 4.35. The summed E-state index contributed by atoms with van der Waals surface area (Å²) in [6.07, 6.45) is 2.17. The van der Waals surface area contributed by atoms with E-state index in [2.05, 4.69) is 12.2 Å². The molecular formula is C15H24N2O2. The Kier molecular flexibility index (Phi) is 6.97. The van der Waals surface area contributed by atoms with E-state index in [4.69, 9.17) is 4.74 Å². The van der Waals surface area contributed by atoms with Gasteiger partial charge in [0.05, 0.1) is 6.61 Å². The summed E-state index contributed by atoms with van der Waals surface area (Å²) in [6, 6.07) is 7.28. The van der Waals surface area contributed by atoms with E-state index in [1.54, 1.807) is 12.1 Å². The molecule has 0 aliphatic rings. The third kappa shape index (κ3) is 6.25. The van der Waals surface area contributed by atoms with Crippen molar-refractivity contribution in [3.05, 3.63) is 29.8 Å². The van der Waals surface area contributed by atoms with Crippen LogP contribution < -0.4 is 10.1 Å².